The highest BCUT2D eigenvalue weighted by atomic mass is 19.1. The van der Waals surface area contributed by atoms with Crippen LogP contribution in [0.4, 0.5) is 4.39 Å². The van der Waals surface area contributed by atoms with Gasteiger partial charge in [-0.05, 0) is 25.5 Å². The van der Waals surface area contributed by atoms with Gasteiger partial charge in [-0.15, -0.1) is 0 Å². The molecule has 2 heterocycles. The van der Waals surface area contributed by atoms with Gasteiger partial charge in [-0.2, -0.15) is 0 Å². The average molecular weight is 323 g/mol. The highest BCUT2D eigenvalue weighted by molar-refractivity contribution is 5.81. The number of nitrogens with zero attached hydrogens (tertiary/aromatic N) is 1. The van der Waals surface area contributed by atoms with E-state index in [2.05, 4.69) is 0 Å². The van der Waals surface area contributed by atoms with Gasteiger partial charge in [-0.25, -0.2) is 4.39 Å². The normalized spacial score (nSPS) is 22.7. The summed E-state index contributed by atoms with van der Waals surface area (Å²) in [7, 11) is 0. The van der Waals surface area contributed by atoms with Crippen LogP contribution in [0.3, 0.4) is 0 Å². The van der Waals surface area contributed by atoms with E-state index in [0.29, 0.717) is 25.6 Å². The van der Waals surface area contributed by atoms with Gasteiger partial charge in [0, 0.05) is 25.6 Å². The summed E-state index contributed by atoms with van der Waals surface area (Å²) < 4.78 is 30.0. The minimum absolute atomic E-state index is 0.0835. The molecule has 2 unspecified atom stereocenters. The Kier molecular flexibility index (Phi) is 5.13. The Morgan fingerprint density at radius 3 is 2.91 bits per heavy atom. The molecule has 5 nitrogen and oxygen atoms in total. The van der Waals surface area contributed by atoms with E-state index >= 15 is 0 Å². The Labute approximate surface area is 135 Å². The maximum Gasteiger partial charge on any atom is 0.263 e. The predicted molar refractivity (Wildman–Crippen MR) is 81.7 cm³/mol. The van der Waals surface area contributed by atoms with Gasteiger partial charge in [0.05, 0.1) is 19.3 Å². The van der Waals surface area contributed by atoms with Crippen LogP contribution < -0.4 is 4.74 Å². The Hall–Kier alpha value is -1.66. The quantitative estimate of drug-likeness (QED) is 0.802. The smallest absolute Gasteiger partial charge is 0.263 e. The Balaban J connectivity index is 1.40. The summed E-state index contributed by atoms with van der Waals surface area (Å²) >= 11 is 0. The van der Waals surface area contributed by atoms with E-state index in [1.165, 1.54) is 12.1 Å². The number of para-hydroxylation sites is 1. The molecule has 0 spiro atoms. The van der Waals surface area contributed by atoms with E-state index in [0.717, 1.165) is 19.6 Å². The van der Waals surface area contributed by atoms with Gasteiger partial charge in [0.25, 0.3) is 5.91 Å². The van der Waals surface area contributed by atoms with Crippen molar-refractivity contribution in [3.63, 3.8) is 0 Å². The molecule has 6 heteroatoms. The van der Waals surface area contributed by atoms with Gasteiger partial charge in [-0.3, -0.25) is 4.79 Å². The molecule has 1 aromatic carbocycles. The van der Waals surface area contributed by atoms with Crippen molar-refractivity contribution in [2.24, 2.45) is 5.92 Å². The monoisotopic (exact) mass is 323 g/mol. The van der Waals surface area contributed by atoms with Crippen LogP contribution in [0.25, 0.3) is 0 Å². The molecule has 0 radical (unpaired) electrons. The van der Waals surface area contributed by atoms with E-state index in [-0.39, 0.29) is 17.8 Å². The van der Waals surface area contributed by atoms with Crippen LogP contribution in [0.15, 0.2) is 24.3 Å². The summed E-state index contributed by atoms with van der Waals surface area (Å²) in [5.41, 5.74) is 0. The van der Waals surface area contributed by atoms with Crippen LogP contribution in [0, 0.1) is 11.7 Å². The Morgan fingerprint density at radius 2 is 2.22 bits per heavy atom. The maximum atomic E-state index is 13.5. The van der Waals surface area contributed by atoms with Crippen molar-refractivity contribution >= 4 is 5.91 Å². The van der Waals surface area contributed by atoms with Gasteiger partial charge >= 0.3 is 0 Å². The molecule has 1 amide bonds. The van der Waals surface area contributed by atoms with Crippen LogP contribution in [0.1, 0.15) is 13.3 Å². The van der Waals surface area contributed by atoms with Crippen LogP contribution in [0.2, 0.25) is 0 Å². The van der Waals surface area contributed by atoms with Gasteiger partial charge < -0.3 is 19.1 Å². The molecule has 126 valence electrons. The summed E-state index contributed by atoms with van der Waals surface area (Å²) in [6.07, 6.45) is 0.416. The summed E-state index contributed by atoms with van der Waals surface area (Å²) in [6, 6.07) is 6.09. The van der Waals surface area contributed by atoms with E-state index < -0.39 is 11.9 Å². The van der Waals surface area contributed by atoms with Crippen molar-refractivity contribution in [3.05, 3.63) is 30.1 Å². The average Bonchev–Trinajstić information content (AvgIpc) is 3.01. The van der Waals surface area contributed by atoms with Gasteiger partial charge in [0.2, 0.25) is 0 Å². The molecule has 0 aliphatic carbocycles. The summed E-state index contributed by atoms with van der Waals surface area (Å²) in [4.78, 5) is 13.9. The zero-order valence-corrected chi connectivity index (χ0v) is 13.2. The number of carbonyl (C=O) groups is 1. The molecular weight excluding hydrogens is 301 g/mol. The lowest BCUT2D eigenvalue weighted by Gasteiger charge is -2.40. The van der Waals surface area contributed by atoms with Crippen molar-refractivity contribution in [2.45, 2.75) is 25.6 Å². The number of rotatable bonds is 6. The largest absolute Gasteiger partial charge is 0.478 e. The van der Waals surface area contributed by atoms with Gasteiger partial charge in [0.1, 0.15) is 0 Å². The summed E-state index contributed by atoms with van der Waals surface area (Å²) in [5, 5.41) is 0. The molecule has 0 bridgehead atoms. The molecule has 2 aliphatic rings. The molecule has 0 saturated carbocycles. The fourth-order valence-corrected chi connectivity index (χ4v) is 2.75. The zero-order valence-electron chi connectivity index (χ0n) is 13.2. The molecule has 0 N–H and O–H groups in total. The molecule has 2 fully saturated rings. The van der Waals surface area contributed by atoms with Crippen LogP contribution >= 0.6 is 0 Å². The van der Waals surface area contributed by atoms with Crippen molar-refractivity contribution in [1.29, 1.82) is 0 Å². The topological polar surface area (TPSA) is 48.0 Å². The van der Waals surface area contributed by atoms with E-state index in [1.807, 2.05) is 0 Å². The number of halogens is 1. The first kappa shape index (κ1) is 16.2. The number of likely N-dealkylation sites (tertiary alicyclic amines) is 1. The second kappa shape index (κ2) is 7.27. The third-order valence-electron chi connectivity index (χ3n) is 4.24. The molecular formula is C17H22FNO4. The number of carbonyl (C=O) groups excluding carboxylic acids is 1. The number of benzene rings is 1. The molecule has 2 saturated heterocycles. The number of ether oxygens (including phenoxy) is 3. The minimum atomic E-state index is -0.712. The number of hydrogen-bond acceptors (Lipinski definition) is 4. The second-order valence-corrected chi connectivity index (χ2v) is 6.12. The lowest BCUT2D eigenvalue weighted by molar-refractivity contribution is -0.152. The first-order valence-electron chi connectivity index (χ1n) is 8.03. The molecule has 23 heavy (non-hydrogen) atoms. The van der Waals surface area contributed by atoms with Crippen molar-refractivity contribution in [2.75, 3.05) is 32.9 Å². The van der Waals surface area contributed by atoms with Gasteiger partial charge in [-0.1, -0.05) is 12.1 Å². The molecule has 2 atom stereocenters. The summed E-state index contributed by atoms with van der Waals surface area (Å²) in [6.45, 7) is 5.04. The van der Waals surface area contributed by atoms with Crippen molar-refractivity contribution in [3.8, 4) is 5.75 Å². The van der Waals surface area contributed by atoms with E-state index in [4.69, 9.17) is 14.2 Å². The lowest BCUT2D eigenvalue weighted by atomic mass is 10.1. The first-order chi connectivity index (χ1) is 11.1. The fraction of sp³-hybridized carbons (Fsp3) is 0.588. The van der Waals surface area contributed by atoms with Crippen molar-refractivity contribution < 1.29 is 23.4 Å². The highest BCUT2D eigenvalue weighted by Gasteiger charge is 2.35. The van der Waals surface area contributed by atoms with Crippen molar-refractivity contribution in [1.82, 2.24) is 4.90 Å². The maximum absolute atomic E-state index is 13.5. The highest BCUT2D eigenvalue weighted by Crippen LogP contribution is 2.21. The molecule has 2 aliphatic heterocycles. The summed E-state index contributed by atoms with van der Waals surface area (Å²) in [5.74, 6) is -0.0287. The zero-order chi connectivity index (χ0) is 16.2. The third-order valence-corrected chi connectivity index (χ3v) is 4.24. The molecule has 0 aromatic heterocycles. The predicted octanol–water partition coefficient (Wildman–Crippen LogP) is 1.86. The third kappa shape index (κ3) is 4.00. The van der Waals surface area contributed by atoms with Crippen LogP contribution in [0.5, 0.6) is 5.75 Å². The van der Waals surface area contributed by atoms with E-state index in [9.17, 15) is 9.18 Å². The molecule has 1 aromatic rings. The second-order valence-electron chi connectivity index (χ2n) is 6.12. The minimum Gasteiger partial charge on any atom is -0.478 e. The first-order valence-corrected chi connectivity index (χ1v) is 8.03. The Morgan fingerprint density at radius 1 is 1.43 bits per heavy atom. The number of amides is 1. The van der Waals surface area contributed by atoms with Crippen LogP contribution in [-0.4, -0.2) is 55.9 Å². The molecule has 3 rings (SSSR count). The van der Waals surface area contributed by atoms with Crippen LogP contribution in [-0.2, 0) is 14.3 Å². The lowest BCUT2D eigenvalue weighted by Crippen LogP contribution is -2.58. The standard InChI is InChI=1S/C17H22FNO4/c1-12(23-16-5-3-2-4-15(16)18)17(20)19-8-14(9-19)22-11-13-6-7-21-10-13/h2-5,12-14H,6-11H2,1H3. The van der Waals surface area contributed by atoms with Gasteiger partial charge in [0.15, 0.2) is 17.7 Å². The Bertz CT molecular complexity index is 541. The number of hydrogen-bond donors (Lipinski definition) is 0. The fourth-order valence-electron chi connectivity index (χ4n) is 2.75. The van der Waals surface area contributed by atoms with E-state index in [1.54, 1.807) is 24.0 Å². The SMILES string of the molecule is CC(Oc1ccccc1F)C(=O)N1CC(OCC2CCOC2)C1.